The summed E-state index contributed by atoms with van der Waals surface area (Å²) in [6, 6.07) is 13.0. The van der Waals surface area contributed by atoms with Crippen LogP contribution in [-0.2, 0) is 16.3 Å². The van der Waals surface area contributed by atoms with Crippen molar-refractivity contribution >= 4 is 21.0 Å². The van der Waals surface area contributed by atoms with Crippen LogP contribution < -0.4 is 9.47 Å². The first-order valence-electron chi connectivity index (χ1n) is 11.7. The number of methoxy groups -OCH3 is 1. The smallest absolute Gasteiger partial charge is 0.212 e. The predicted molar refractivity (Wildman–Crippen MR) is 134 cm³/mol. The van der Waals surface area contributed by atoms with E-state index < -0.39 is 21.5 Å². The van der Waals surface area contributed by atoms with Crippen molar-refractivity contribution in [3.8, 4) is 11.6 Å². The number of nitrogens with zero attached hydrogens (tertiary/aromatic N) is 2. The fourth-order valence-corrected chi connectivity index (χ4v) is 5.96. The van der Waals surface area contributed by atoms with E-state index in [1.807, 2.05) is 24.3 Å². The lowest BCUT2D eigenvalue weighted by Gasteiger charge is -2.26. The second-order valence-electron chi connectivity index (χ2n) is 8.90. The van der Waals surface area contributed by atoms with Crippen LogP contribution in [0, 0.1) is 11.6 Å². The lowest BCUT2D eigenvalue weighted by atomic mass is 9.94. The van der Waals surface area contributed by atoms with Gasteiger partial charge in [0.2, 0.25) is 5.88 Å². The third-order valence-corrected chi connectivity index (χ3v) is 8.23. The molecule has 5 rings (SSSR count). The Balaban J connectivity index is 1.39. The molecule has 36 heavy (non-hydrogen) atoms. The van der Waals surface area contributed by atoms with E-state index in [1.165, 1.54) is 12.1 Å². The zero-order valence-electron chi connectivity index (χ0n) is 19.8. The first kappa shape index (κ1) is 24.4. The van der Waals surface area contributed by atoms with Gasteiger partial charge in [0.05, 0.1) is 18.6 Å². The van der Waals surface area contributed by atoms with Gasteiger partial charge in [-0.2, -0.15) is 0 Å². The Morgan fingerprint density at radius 3 is 2.47 bits per heavy atom. The zero-order valence-corrected chi connectivity index (χ0v) is 20.7. The van der Waals surface area contributed by atoms with Gasteiger partial charge in [0.1, 0.15) is 24.0 Å². The van der Waals surface area contributed by atoms with Crippen molar-refractivity contribution in [1.29, 1.82) is 0 Å². The number of hydrogen-bond donors (Lipinski definition) is 0. The summed E-state index contributed by atoms with van der Waals surface area (Å²) in [4.78, 5) is 6.39. The van der Waals surface area contributed by atoms with Gasteiger partial charge >= 0.3 is 0 Å². The molecule has 1 saturated heterocycles. The first-order valence-corrected chi connectivity index (χ1v) is 13.5. The van der Waals surface area contributed by atoms with Gasteiger partial charge < -0.3 is 9.47 Å². The summed E-state index contributed by atoms with van der Waals surface area (Å²) in [6.45, 7) is 2.11. The molecule has 0 atom stereocenters. The minimum Gasteiger partial charge on any atom is -0.492 e. The fraction of sp³-hybridized carbons (Fsp3) is 0.296. The Morgan fingerprint density at radius 1 is 1.00 bits per heavy atom. The first-order chi connectivity index (χ1) is 17.3. The molecule has 0 amide bonds. The third kappa shape index (κ3) is 5.12. The lowest BCUT2D eigenvalue weighted by molar-refractivity contribution is 0.219. The van der Waals surface area contributed by atoms with Crippen LogP contribution in [0.5, 0.6) is 11.6 Å². The van der Waals surface area contributed by atoms with E-state index in [1.54, 1.807) is 19.4 Å². The van der Waals surface area contributed by atoms with Crippen molar-refractivity contribution in [3.05, 3.63) is 88.6 Å². The second-order valence-corrected chi connectivity index (χ2v) is 11.2. The monoisotopic (exact) mass is 512 g/mol. The molecule has 0 unspecified atom stereocenters. The normalized spacial score (nSPS) is 17.2. The zero-order chi connectivity index (χ0) is 25.3. The van der Waals surface area contributed by atoms with Crippen LogP contribution in [0.2, 0.25) is 0 Å². The molecule has 1 aliphatic carbocycles. The third-order valence-electron chi connectivity index (χ3n) is 6.62. The number of hydrogen-bond acceptors (Lipinski definition) is 6. The quantitative estimate of drug-likeness (QED) is 0.477. The summed E-state index contributed by atoms with van der Waals surface area (Å²) < 4.78 is 62.9. The molecule has 2 aromatic carbocycles. The van der Waals surface area contributed by atoms with Crippen molar-refractivity contribution < 1.29 is 26.7 Å². The topological polar surface area (TPSA) is 68.7 Å². The van der Waals surface area contributed by atoms with Crippen LogP contribution in [0.1, 0.15) is 22.3 Å². The Kier molecular flexibility index (Phi) is 6.77. The van der Waals surface area contributed by atoms with E-state index in [4.69, 9.17) is 9.47 Å². The molecule has 188 valence electrons. The minimum absolute atomic E-state index is 0.184. The van der Waals surface area contributed by atoms with Gasteiger partial charge in [-0.25, -0.2) is 22.2 Å². The SMILES string of the molecule is COc1ccc(C2=C(c3ccc(F)cc3F)c3ccc(OCCN4CCS(=O)(=O)CC4)cc3C2)cn1. The molecule has 1 aromatic heterocycles. The average Bonchev–Trinajstić information content (AvgIpc) is 3.24. The molecule has 3 aromatic rings. The molecule has 2 aliphatic rings. The van der Waals surface area contributed by atoms with Gasteiger partial charge in [0.15, 0.2) is 9.84 Å². The molecule has 1 fully saturated rings. The largest absolute Gasteiger partial charge is 0.492 e. The molecular formula is C27H26F2N2O4S. The maximum Gasteiger partial charge on any atom is 0.212 e. The predicted octanol–water partition coefficient (Wildman–Crippen LogP) is 3.99. The van der Waals surface area contributed by atoms with E-state index >= 15 is 0 Å². The van der Waals surface area contributed by atoms with Gasteiger partial charge in [-0.3, -0.25) is 4.90 Å². The average molecular weight is 513 g/mol. The fourth-order valence-electron chi connectivity index (χ4n) is 4.68. The van der Waals surface area contributed by atoms with Crippen LogP contribution in [-0.4, -0.2) is 63.2 Å². The van der Waals surface area contributed by atoms with Crippen LogP contribution in [0.3, 0.4) is 0 Å². The number of allylic oxidation sites excluding steroid dienone is 1. The molecule has 0 saturated carbocycles. The molecule has 9 heteroatoms. The number of pyridine rings is 1. The number of fused-ring (bicyclic) bond motifs is 1. The number of benzene rings is 2. The number of rotatable bonds is 7. The van der Waals surface area contributed by atoms with E-state index in [0.29, 0.717) is 55.4 Å². The van der Waals surface area contributed by atoms with Gasteiger partial charge in [0.25, 0.3) is 0 Å². The van der Waals surface area contributed by atoms with Crippen molar-refractivity contribution in [2.45, 2.75) is 6.42 Å². The highest BCUT2D eigenvalue weighted by Crippen LogP contribution is 2.44. The summed E-state index contributed by atoms with van der Waals surface area (Å²) in [5.41, 5.74) is 4.58. The van der Waals surface area contributed by atoms with Crippen LogP contribution in [0.4, 0.5) is 8.78 Å². The molecule has 0 N–H and O–H groups in total. The van der Waals surface area contributed by atoms with Crippen LogP contribution in [0.15, 0.2) is 54.7 Å². The maximum atomic E-state index is 14.9. The highest BCUT2D eigenvalue weighted by Gasteiger charge is 2.27. The van der Waals surface area contributed by atoms with Crippen molar-refractivity contribution in [2.24, 2.45) is 0 Å². The summed E-state index contributed by atoms with van der Waals surface area (Å²) in [5.74, 6) is 0.281. The van der Waals surface area contributed by atoms with Gasteiger partial charge in [-0.1, -0.05) is 6.07 Å². The summed E-state index contributed by atoms with van der Waals surface area (Å²) in [6.07, 6.45) is 2.23. The van der Waals surface area contributed by atoms with Gasteiger partial charge in [-0.05, 0) is 64.6 Å². The van der Waals surface area contributed by atoms with Crippen LogP contribution in [0.25, 0.3) is 11.1 Å². The molecule has 0 bridgehead atoms. The van der Waals surface area contributed by atoms with Crippen molar-refractivity contribution in [3.63, 3.8) is 0 Å². The Bertz CT molecular complexity index is 1410. The summed E-state index contributed by atoms with van der Waals surface area (Å²) >= 11 is 0. The number of ether oxygens (including phenoxy) is 2. The lowest BCUT2D eigenvalue weighted by Crippen LogP contribution is -2.42. The van der Waals surface area contributed by atoms with E-state index in [0.717, 1.165) is 28.3 Å². The van der Waals surface area contributed by atoms with Crippen LogP contribution >= 0.6 is 0 Å². The summed E-state index contributed by atoms with van der Waals surface area (Å²) in [5, 5.41) is 0. The molecule has 1 aliphatic heterocycles. The van der Waals surface area contributed by atoms with Crippen molar-refractivity contribution in [2.75, 3.05) is 44.9 Å². The van der Waals surface area contributed by atoms with E-state index in [-0.39, 0.29) is 11.5 Å². The van der Waals surface area contributed by atoms with E-state index in [9.17, 15) is 17.2 Å². The maximum absolute atomic E-state index is 14.9. The Morgan fingerprint density at radius 2 is 1.78 bits per heavy atom. The second kappa shape index (κ2) is 9.99. The Labute approximate surface area is 209 Å². The number of aromatic nitrogens is 1. The number of halogens is 2. The molecule has 0 radical (unpaired) electrons. The molecule has 2 heterocycles. The number of sulfone groups is 1. The molecule has 6 nitrogen and oxygen atoms in total. The summed E-state index contributed by atoms with van der Waals surface area (Å²) in [7, 11) is -1.37. The highest BCUT2D eigenvalue weighted by molar-refractivity contribution is 7.91. The standard InChI is InChI=1S/C27H26F2N2O4S/c1-34-26-7-2-18(17-30-26)24-15-19-14-21(35-11-8-31-9-12-36(32,33)13-10-31)4-6-22(19)27(24)23-5-3-20(28)16-25(23)29/h2-7,14,16-17H,8-13,15H2,1H3. The minimum atomic E-state index is -2.91. The Hall–Kier alpha value is -3.30. The highest BCUT2D eigenvalue weighted by atomic mass is 32.2. The molecular weight excluding hydrogens is 486 g/mol. The molecule has 0 spiro atoms. The van der Waals surface area contributed by atoms with Gasteiger partial charge in [0, 0.05) is 43.5 Å². The van der Waals surface area contributed by atoms with Crippen molar-refractivity contribution in [1.82, 2.24) is 9.88 Å². The van der Waals surface area contributed by atoms with Gasteiger partial charge in [-0.15, -0.1) is 0 Å². The van der Waals surface area contributed by atoms with E-state index in [2.05, 4.69) is 9.88 Å².